The minimum absolute atomic E-state index is 0.0633. The molecule has 10 heteroatoms. The predicted octanol–water partition coefficient (Wildman–Crippen LogP) is 3.89. The molecule has 0 bridgehead atoms. The first-order valence-electron chi connectivity index (χ1n) is 11.3. The number of non-ortho nitro benzene ring substituents is 1. The van der Waals surface area contributed by atoms with Crippen molar-refractivity contribution < 1.29 is 24.0 Å². The van der Waals surface area contributed by atoms with E-state index in [1.165, 1.54) is 18.2 Å². The number of carbonyl (C=O) groups is 3. The van der Waals surface area contributed by atoms with Crippen LogP contribution in [-0.2, 0) is 16.1 Å². The van der Waals surface area contributed by atoms with Gasteiger partial charge in [-0.1, -0.05) is 36.4 Å². The molecule has 3 aromatic rings. The number of nitro groups is 1. The Kier molecular flexibility index (Phi) is 7.54. The van der Waals surface area contributed by atoms with E-state index < -0.39 is 23.4 Å². The third-order valence-corrected chi connectivity index (χ3v) is 5.42. The average Bonchev–Trinajstić information content (AvgIpc) is 3.70. The molecule has 36 heavy (non-hydrogen) atoms. The number of nitrogens with one attached hydrogen (secondary N) is 3. The summed E-state index contributed by atoms with van der Waals surface area (Å²) in [5.41, 5.74) is 1.72. The van der Waals surface area contributed by atoms with Gasteiger partial charge in [-0.25, -0.2) is 4.79 Å². The topological polar surface area (TPSA) is 140 Å². The van der Waals surface area contributed by atoms with E-state index in [2.05, 4.69) is 16.0 Å². The highest BCUT2D eigenvalue weighted by Crippen LogP contribution is 2.24. The molecule has 0 atom stereocenters. The lowest BCUT2D eigenvalue weighted by Crippen LogP contribution is -2.25. The van der Waals surface area contributed by atoms with Gasteiger partial charge in [-0.3, -0.25) is 19.7 Å². The molecular formula is C26H24N4O6. The molecule has 0 unspecified atom stereocenters. The van der Waals surface area contributed by atoms with Crippen LogP contribution in [0, 0.1) is 10.1 Å². The van der Waals surface area contributed by atoms with Gasteiger partial charge in [-0.15, -0.1) is 0 Å². The Morgan fingerprint density at radius 3 is 2.47 bits per heavy atom. The molecule has 0 aliphatic heterocycles. The van der Waals surface area contributed by atoms with Crippen molar-refractivity contribution in [2.24, 2.45) is 0 Å². The minimum Gasteiger partial charge on any atom is -0.452 e. The highest BCUT2D eigenvalue weighted by molar-refractivity contribution is 6.00. The number of anilines is 2. The third-order valence-electron chi connectivity index (χ3n) is 5.42. The molecule has 0 saturated heterocycles. The number of nitro benzene ring substituents is 1. The molecule has 0 aromatic heterocycles. The van der Waals surface area contributed by atoms with Crippen molar-refractivity contribution in [1.29, 1.82) is 0 Å². The van der Waals surface area contributed by atoms with Gasteiger partial charge in [-0.05, 0) is 42.7 Å². The number of ether oxygens (including phenoxy) is 1. The van der Waals surface area contributed by atoms with Crippen molar-refractivity contribution in [3.8, 4) is 0 Å². The zero-order chi connectivity index (χ0) is 25.5. The molecule has 1 aliphatic carbocycles. The molecule has 10 nitrogen and oxygen atoms in total. The summed E-state index contributed by atoms with van der Waals surface area (Å²) < 4.78 is 5.14. The summed E-state index contributed by atoms with van der Waals surface area (Å²) in [5, 5.41) is 19.7. The maximum Gasteiger partial charge on any atom is 0.341 e. The van der Waals surface area contributed by atoms with Crippen LogP contribution in [0.1, 0.15) is 39.1 Å². The molecular weight excluding hydrogens is 464 g/mol. The predicted molar refractivity (Wildman–Crippen MR) is 133 cm³/mol. The van der Waals surface area contributed by atoms with E-state index in [0.717, 1.165) is 24.5 Å². The maximum atomic E-state index is 12.7. The smallest absolute Gasteiger partial charge is 0.341 e. The van der Waals surface area contributed by atoms with Crippen molar-refractivity contribution in [3.05, 3.63) is 99.6 Å². The Bertz CT molecular complexity index is 1290. The van der Waals surface area contributed by atoms with E-state index in [0.29, 0.717) is 23.5 Å². The van der Waals surface area contributed by atoms with Crippen LogP contribution in [0.4, 0.5) is 17.1 Å². The van der Waals surface area contributed by atoms with Crippen LogP contribution in [0.25, 0.3) is 0 Å². The van der Waals surface area contributed by atoms with Crippen LogP contribution < -0.4 is 16.0 Å². The first kappa shape index (κ1) is 24.4. The lowest BCUT2D eigenvalue weighted by molar-refractivity contribution is -0.384. The molecule has 184 valence electrons. The van der Waals surface area contributed by atoms with Crippen LogP contribution in [0.2, 0.25) is 0 Å². The summed E-state index contributed by atoms with van der Waals surface area (Å²) >= 11 is 0. The number of carbonyl (C=O) groups excluding carboxylic acids is 3. The molecule has 0 radical (unpaired) electrons. The van der Waals surface area contributed by atoms with E-state index in [1.807, 2.05) is 30.3 Å². The number of hydrogen-bond acceptors (Lipinski definition) is 7. The lowest BCUT2D eigenvalue weighted by Gasteiger charge is -2.12. The van der Waals surface area contributed by atoms with Crippen molar-refractivity contribution in [2.45, 2.75) is 25.4 Å². The van der Waals surface area contributed by atoms with Crippen LogP contribution >= 0.6 is 0 Å². The first-order chi connectivity index (χ1) is 17.4. The first-order valence-corrected chi connectivity index (χ1v) is 11.3. The van der Waals surface area contributed by atoms with Crippen molar-refractivity contribution in [3.63, 3.8) is 0 Å². The van der Waals surface area contributed by atoms with Gasteiger partial charge in [-0.2, -0.15) is 0 Å². The Hall–Kier alpha value is -4.73. The number of rotatable bonds is 10. The van der Waals surface area contributed by atoms with E-state index in [4.69, 9.17) is 4.74 Å². The summed E-state index contributed by atoms with van der Waals surface area (Å²) in [6.45, 7) is -0.234. The zero-order valence-corrected chi connectivity index (χ0v) is 19.2. The SMILES string of the molecule is O=C(COC(=O)c1cc([N+](=O)[O-])ccc1NCc1ccccc1)Nc1cccc(C(=O)NC2CC2)c1. The standard InChI is InChI=1S/C26H24N4O6/c31-24(28-20-8-4-7-18(13-20)25(32)29-19-9-10-19)16-36-26(33)22-14-21(30(34)35)11-12-23(22)27-15-17-5-2-1-3-6-17/h1-8,11-14,19,27H,9-10,15-16H2,(H,28,31)(H,29,32). The Labute approximate surface area is 206 Å². The van der Waals surface area contributed by atoms with Gasteiger partial charge in [0, 0.05) is 41.7 Å². The number of benzene rings is 3. The van der Waals surface area contributed by atoms with Crippen LogP contribution in [-0.4, -0.2) is 35.4 Å². The Balaban J connectivity index is 1.38. The van der Waals surface area contributed by atoms with E-state index in [9.17, 15) is 24.5 Å². The second-order valence-electron chi connectivity index (χ2n) is 8.28. The van der Waals surface area contributed by atoms with Gasteiger partial charge in [0.15, 0.2) is 6.61 Å². The monoisotopic (exact) mass is 488 g/mol. The van der Waals surface area contributed by atoms with Gasteiger partial charge < -0.3 is 20.7 Å². The fraction of sp³-hybridized carbons (Fsp3) is 0.192. The van der Waals surface area contributed by atoms with Crippen molar-refractivity contribution in [2.75, 3.05) is 17.2 Å². The average molecular weight is 489 g/mol. The highest BCUT2D eigenvalue weighted by atomic mass is 16.6. The maximum absolute atomic E-state index is 12.7. The molecule has 2 amide bonds. The minimum atomic E-state index is -0.887. The second kappa shape index (κ2) is 11.1. The molecule has 4 rings (SSSR count). The summed E-state index contributed by atoms with van der Waals surface area (Å²) in [4.78, 5) is 47.9. The number of amides is 2. The summed E-state index contributed by atoms with van der Waals surface area (Å²) in [7, 11) is 0. The number of hydrogen-bond donors (Lipinski definition) is 3. The van der Waals surface area contributed by atoms with Gasteiger partial charge in [0.05, 0.1) is 10.5 Å². The normalized spacial score (nSPS) is 12.3. The van der Waals surface area contributed by atoms with Crippen molar-refractivity contribution >= 4 is 34.8 Å². The second-order valence-corrected chi connectivity index (χ2v) is 8.28. The third kappa shape index (κ3) is 6.66. The lowest BCUT2D eigenvalue weighted by atomic mass is 10.1. The number of nitrogens with zero attached hydrogens (tertiary/aromatic N) is 1. The Morgan fingerprint density at radius 1 is 0.972 bits per heavy atom. The fourth-order valence-corrected chi connectivity index (χ4v) is 3.40. The molecule has 1 saturated carbocycles. The van der Waals surface area contributed by atoms with Crippen LogP contribution in [0.5, 0.6) is 0 Å². The zero-order valence-electron chi connectivity index (χ0n) is 19.2. The van der Waals surface area contributed by atoms with E-state index >= 15 is 0 Å². The van der Waals surface area contributed by atoms with Gasteiger partial charge in [0.25, 0.3) is 17.5 Å². The van der Waals surface area contributed by atoms with E-state index in [-0.39, 0.29) is 23.2 Å². The van der Waals surface area contributed by atoms with Gasteiger partial charge in [0.1, 0.15) is 0 Å². The summed E-state index contributed by atoms with van der Waals surface area (Å²) in [5.74, 6) is -1.73. The summed E-state index contributed by atoms with van der Waals surface area (Å²) in [6, 6.07) is 19.8. The summed E-state index contributed by atoms with van der Waals surface area (Å²) in [6.07, 6.45) is 1.92. The molecule has 0 heterocycles. The molecule has 3 N–H and O–H groups in total. The Morgan fingerprint density at radius 2 is 1.75 bits per heavy atom. The molecule has 0 spiro atoms. The molecule has 1 fully saturated rings. The molecule has 3 aromatic carbocycles. The van der Waals surface area contributed by atoms with Gasteiger partial charge >= 0.3 is 5.97 Å². The molecule has 1 aliphatic rings. The van der Waals surface area contributed by atoms with Gasteiger partial charge in [0.2, 0.25) is 0 Å². The van der Waals surface area contributed by atoms with E-state index in [1.54, 1.807) is 18.2 Å². The van der Waals surface area contributed by atoms with Crippen molar-refractivity contribution in [1.82, 2.24) is 5.32 Å². The van der Waals surface area contributed by atoms with Crippen LogP contribution in [0.15, 0.2) is 72.8 Å². The fourth-order valence-electron chi connectivity index (χ4n) is 3.40. The highest BCUT2D eigenvalue weighted by Gasteiger charge is 2.24. The number of esters is 1. The quantitative estimate of drug-likeness (QED) is 0.223. The largest absolute Gasteiger partial charge is 0.452 e. The van der Waals surface area contributed by atoms with Crippen LogP contribution in [0.3, 0.4) is 0 Å².